The summed E-state index contributed by atoms with van der Waals surface area (Å²) >= 11 is 7.23. The smallest absolute Gasteiger partial charge is 0.273 e. The zero-order chi connectivity index (χ0) is 19.5. The van der Waals surface area contributed by atoms with Crippen molar-refractivity contribution in [3.05, 3.63) is 69.9 Å². The van der Waals surface area contributed by atoms with E-state index in [1.165, 1.54) is 17.4 Å². The highest BCUT2D eigenvalue weighted by Gasteiger charge is 2.22. The highest BCUT2D eigenvalue weighted by Crippen LogP contribution is 2.30. The van der Waals surface area contributed by atoms with Crippen molar-refractivity contribution in [3.8, 4) is 16.3 Å². The van der Waals surface area contributed by atoms with Gasteiger partial charge in [-0.05, 0) is 42.7 Å². The second kappa shape index (κ2) is 8.29. The predicted molar refractivity (Wildman–Crippen MR) is 108 cm³/mol. The molecule has 28 heavy (non-hydrogen) atoms. The number of halogens is 2. The van der Waals surface area contributed by atoms with Crippen LogP contribution < -0.4 is 4.74 Å². The van der Waals surface area contributed by atoms with Crippen molar-refractivity contribution in [2.45, 2.75) is 19.4 Å². The van der Waals surface area contributed by atoms with Crippen LogP contribution in [0, 0.1) is 5.82 Å². The molecule has 1 aromatic heterocycles. The van der Waals surface area contributed by atoms with Gasteiger partial charge in [0.25, 0.3) is 5.91 Å². The van der Waals surface area contributed by atoms with Gasteiger partial charge >= 0.3 is 0 Å². The molecule has 0 unspecified atom stereocenters. The van der Waals surface area contributed by atoms with E-state index < -0.39 is 5.82 Å². The molecule has 7 heteroatoms. The zero-order valence-electron chi connectivity index (χ0n) is 15.0. The molecule has 1 saturated heterocycles. The monoisotopic (exact) mass is 416 g/mol. The van der Waals surface area contributed by atoms with Gasteiger partial charge in [-0.2, -0.15) is 0 Å². The molecule has 0 saturated carbocycles. The van der Waals surface area contributed by atoms with Gasteiger partial charge in [-0.3, -0.25) is 4.79 Å². The Balaban J connectivity index is 1.46. The third-order valence-electron chi connectivity index (χ3n) is 4.58. The number of ether oxygens (including phenoxy) is 1. The van der Waals surface area contributed by atoms with Gasteiger partial charge in [-0.25, -0.2) is 9.37 Å². The van der Waals surface area contributed by atoms with Crippen molar-refractivity contribution >= 4 is 28.8 Å². The van der Waals surface area contributed by atoms with E-state index in [0.717, 1.165) is 31.5 Å². The van der Waals surface area contributed by atoms with E-state index in [-0.39, 0.29) is 5.91 Å². The lowest BCUT2D eigenvalue weighted by Crippen LogP contribution is -2.27. The minimum atomic E-state index is -0.432. The molecule has 0 N–H and O–H groups in total. The number of benzene rings is 2. The van der Waals surface area contributed by atoms with Crippen LogP contribution in [0.25, 0.3) is 10.6 Å². The number of aromatic nitrogens is 1. The number of hydrogen-bond donors (Lipinski definition) is 0. The van der Waals surface area contributed by atoms with Crippen LogP contribution in [0.5, 0.6) is 5.75 Å². The van der Waals surface area contributed by atoms with Gasteiger partial charge in [0.15, 0.2) is 0 Å². The topological polar surface area (TPSA) is 42.4 Å². The van der Waals surface area contributed by atoms with Crippen molar-refractivity contribution in [3.63, 3.8) is 0 Å². The van der Waals surface area contributed by atoms with Crippen LogP contribution in [-0.2, 0) is 6.61 Å². The zero-order valence-corrected chi connectivity index (χ0v) is 16.6. The van der Waals surface area contributed by atoms with Crippen LogP contribution in [0.2, 0.25) is 5.02 Å². The maximum absolute atomic E-state index is 14.6. The second-order valence-corrected chi connectivity index (χ2v) is 7.89. The molecule has 1 fully saturated rings. The summed E-state index contributed by atoms with van der Waals surface area (Å²) in [5.74, 6) is -0.0915. The summed E-state index contributed by atoms with van der Waals surface area (Å²) < 4.78 is 20.3. The van der Waals surface area contributed by atoms with Crippen LogP contribution in [0.3, 0.4) is 0 Å². The molecule has 0 radical (unpaired) electrons. The molecule has 0 bridgehead atoms. The summed E-state index contributed by atoms with van der Waals surface area (Å²) in [6.07, 6.45) is 2.04. The summed E-state index contributed by atoms with van der Waals surface area (Å²) in [6, 6.07) is 12.0. The number of thiazole rings is 1. The highest BCUT2D eigenvalue weighted by atomic mass is 35.5. The third kappa shape index (κ3) is 4.18. The van der Waals surface area contributed by atoms with E-state index in [2.05, 4.69) is 4.98 Å². The molecule has 4 nitrogen and oxygen atoms in total. The quantitative estimate of drug-likeness (QED) is 0.557. The molecule has 0 atom stereocenters. The molecule has 2 heterocycles. The molecule has 144 valence electrons. The Hall–Kier alpha value is -2.44. The van der Waals surface area contributed by atoms with Gasteiger partial charge in [0.05, 0.1) is 0 Å². The summed E-state index contributed by atoms with van der Waals surface area (Å²) in [7, 11) is 0. The average molecular weight is 417 g/mol. The molecule has 3 aromatic rings. The number of nitrogens with zero attached hydrogens (tertiary/aromatic N) is 2. The molecule has 0 aliphatic carbocycles. The van der Waals surface area contributed by atoms with Gasteiger partial charge in [-0.15, -0.1) is 11.3 Å². The Morgan fingerprint density at radius 1 is 1.21 bits per heavy atom. The average Bonchev–Trinajstić information content (AvgIpc) is 3.38. The van der Waals surface area contributed by atoms with Crippen LogP contribution in [0.4, 0.5) is 4.39 Å². The molecule has 2 aromatic carbocycles. The lowest BCUT2D eigenvalue weighted by Gasteiger charge is -2.12. The first-order valence-corrected chi connectivity index (χ1v) is 10.3. The summed E-state index contributed by atoms with van der Waals surface area (Å²) in [4.78, 5) is 18.6. The van der Waals surface area contributed by atoms with Gasteiger partial charge < -0.3 is 9.64 Å². The van der Waals surface area contributed by atoms with E-state index in [1.807, 2.05) is 12.1 Å². The number of carbonyl (C=O) groups excluding carboxylic acids is 1. The van der Waals surface area contributed by atoms with Crippen molar-refractivity contribution in [1.29, 1.82) is 0 Å². The molecular formula is C21H18ClFN2O2S. The maximum Gasteiger partial charge on any atom is 0.273 e. The predicted octanol–water partition coefficient (Wildman–Crippen LogP) is 5.42. The van der Waals surface area contributed by atoms with E-state index in [1.54, 1.807) is 34.5 Å². The lowest BCUT2D eigenvalue weighted by molar-refractivity contribution is 0.0788. The Morgan fingerprint density at radius 2 is 2.04 bits per heavy atom. The second-order valence-electron chi connectivity index (χ2n) is 6.60. The first-order valence-electron chi connectivity index (χ1n) is 9.02. The summed E-state index contributed by atoms with van der Waals surface area (Å²) in [5, 5.41) is 2.81. The van der Waals surface area contributed by atoms with E-state index in [0.29, 0.717) is 33.6 Å². The van der Waals surface area contributed by atoms with E-state index in [4.69, 9.17) is 16.3 Å². The molecule has 0 spiro atoms. The highest BCUT2D eigenvalue weighted by molar-refractivity contribution is 7.13. The number of amides is 1. The number of rotatable bonds is 5. The van der Waals surface area contributed by atoms with Crippen molar-refractivity contribution in [2.24, 2.45) is 0 Å². The maximum atomic E-state index is 14.6. The van der Waals surface area contributed by atoms with Crippen LogP contribution in [0.1, 0.15) is 28.9 Å². The molecule has 1 aliphatic rings. The molecule has 1 aliphatic heterocycles. The van der Waals surface area contributed by atoms with Crippen molar-refractivity contribution in [1.82, 2.24) is 9.88 Å². The molecule has 4 rings (SSSR count). The number of carbonyl (C=O) groups is 1. The minimum Gasteiger partial charge on any atom is -0.489 e. The summed E-state index contributed by atoms with van der Waals surface area (Å²) in [5.41, 5.74) is 1.64. The Kier molecular flexibility index (Phi) is 5.59. The summed E-state index contributed by atoms with van der Waals surface area (Å²) in [6.45, 7) is 1.82. The lowest BCUT2D eigenvalue weighted by atomic mass is 10.2. The largest absolute Gasteiger partial charge is 0.489 e. The fourth-order valence-electron chi connectivity index (χ4n) is 3.13. The first-order chi connectivity index (χ1) is 13.6. The van der Waals surface area contributed by atoms with Crippen LogP contribution >= 0.6 is 22.9 Å². The Labute approximate surface area is 171 Å². The standard InChI is InChI=1S/C21H18ClFN2O2S/c22-15-5-3-4-14(10-15)12-27-16-6-7-17(18(23)11-16)20-24-19(13-28-20)21(26)25-8-1-2-9-25/h3-7,10-11,13H,1-2,8-9,12H2. The SMILES string of the molecule is O=C(c1csc(-c2ccc(OCc3cccc(Cl)c3)cc2F)n1)N1CCCC1. The third-order valence-corrected chi connectivity index (χ3v) is 5.69. The van der Waals surface area contributed by atoms with Gasteiger partial charge in [0, 0.05) is 35.1 Å². The normalized spacial score (nSPS) is 13.7. The van der Waals surface area contributed by atoms with Crippen LogP contribution in [0.15, 0.2) is 47.8 Å². The molecular weight excluding hydrogens is 399 g/mol. The number of hydrogen-bond acceptors (Lipinski definition) is 4. The fourth-order valence-corrected chi connectivity index (χ4v) is 4.16. The van der Waals surface area contributed by atoms with Crippen molar-refractivity contribution in [2.75, 3.05) is 13.1 Å². The van der Waals surface area contributed by atoms with Crippen LogP contribution in [-0.4, -0.2) is 28.9 Å². The van der Waals surface area contributed by atoms with Gasteiger partial charge in [0.2, 0.25) is 0 Å². The fraction of sp³-hybridized carbons (Fsp3) is 0.238. The number of likely N-dealkylation sites (tertiary alicyclic amines) is 1. The van der Waals surface area contributed by atoms with Gasteiger partial charge in [0.1, 0.15) is 28.9 Å². The Bertz CT molecular complexity index is 1000. The van der Waals surface area contributed by atoms with E-state index in [9.17, 15) is 9.18 Å². The van der Waals surface area contributed by atoms with E-state index >= 15 is 0 Å². The Morgan fingerprint density at radius 3 is 2.79 bits per heavy atom. The minimum absolute atomic E-state index is 0.0816. The molecule has 1 amide bonds. The first kappa shape index (κ1) is 18.9. The van der Waals surface area contributed by atoms with Crippen molar-refractivity contribution < 1.29 is 13.9 Å². The van der Waals surface area contributed by atoms with Gasteiger partial charge in [-0.1, -0.05) is 23.7 Å².